The lowest BCUT2D eigenvalue weighted by atomic mass is 9.79. The minimum Gasteiger partial charge on any atom is -0.273 e. The molecule has 5 rings (SSSR count). The van der Waals surface area contributed by atoms with Crippen molar-refractivity contribution >= 4 is 32.7 Å². The predicted octanol–water partition coefficient (Wildman–Crippen LogP) is 4.23. The van der Waals surface area contributed by atoms with Gasteiger partial charge in [0, 0.05) is 49.7 Å². The van der Waals surface area contributed by atoms with E-state index in [0.29, 0.717) is 17.7 Å². The molecule has 0 aliphatic heterocycles. The van der Waals surface area contributed by atoms with Crippen molar-refractivity contribution in [3.63, 3.8) is 0 Å². The summed E-state index contributed by atoms with van der Waals surface area (Å²) in [5, 5.41) is 6.11. The smallest absolute Gasteiger partial charge is 0.248 e. The first-order chi connectivity index (χ1) is 12.4. The molecule has 1 fully saturated rings. The highest BCUT2D eigenvalue weighted by molar-refractivity contribution is 7.18. The maximum absolute atomic E-state index is 13.0. The van der Waals surface area contributed by atoms with Crippen molar-refractivity contribution in [3.05, 3.63) is 35.6 Å². The van der Waals surface area contributed by atoms with E-state index in [-0.39, 0.29) is 18.8 Å². The average Bonchev–Trinajstić information content (AvgIpc) is 3.12. The van der Waals surface area contributed by atoms with Crippen LogP contribution in [0, 0.1) is 5.92 Å². The Hall–Kier alpha value is -2.48. The summed E-state index contributed by atoms with van der Waals surface area (Å²) in [7, 11) is 1.86. The van der Waals surface area contributed by atoms with E-state index in [2.05, 4.69) is 20.1 Å². The molecule has 4 heterocycles. The molecule has 0 aromatic carbocycles. The molecule has 0 saturated heterocycles. The lowest BCUT2D eigenvalue weighted by Gasteiger charge is -2.34. The molecule has 1 saturated carbocycles. The fraction of sp³-hybridized carbons (Fsp3) is 0.333. The average molecular weight is 371 g/mol. The van der Waals surface area contributed by atoms with Crippen molar-refractivity contribution < 1.29 is 8.78 Å². The van der Waals surface area contributed by atoms with E-state index in [4.69, 9.17) is 0 Å². The van der Waals surface area contributed by atoms with Crippen molar-refractivity contribution in [2.75, 3.05) is 0 Å². The van der Waals surface area contributed by atoms with Crippen LogP contribution in [0.1, 0.15) is 17.8 Å². The van der Waals surface area contributed by atoms with Gasteiger partial charge in [0.25, 0.3) is 0 Å². The minimum atomic E-state index is -2.48. The van der Waals surface area contributed by atoms with Crippen molar-refractivity contribution in [1.82, 2.24) is 24.7 Å². The minimum absolute atomic E-state index is 0.0294. The summed E-state index contributed by atoms with van der Waals surface area (Å²) in [6.45, 7) is 0. The molecule has 0 amide bonds. The summed E-state index contributed by atoms with van der Waals surface area (Å²) in [5.74, 6) is -2.45. The summed E-state index contributed by atoms with van der Waals surface area (Å²) in [5.41, 5.74) is 3.06. The second kappa shape index (κ2) is 5.51. The second-order valence-corrected chi connectivity index (χ2v) is 8.01. The van der Waals surface area contributed by atoms with E-state index < -0.39 is 5.92 Å². The zero-order valence-electron chi connectivity index (χ0n) is 14.0. The highest BCUT2D eigenvalue weighted by atomic mass is 32.1. The van der Waals surface area contributed by atoms with E-state index in [1.807, 2.05) is 31.4 Å². The highest BCUT2D eigenvalue weighted by Crippen LogP contribution is 2.44. The van der Waals surface area contributed by atoms with Gasteiger partial charge in [-0.3, -0.25) is 4.68 Å². The lowest BCUT2D eigenvalue weighted by molar-refractivity contribution is -0.109. The van der Waals surface area contributed by atoms with Crippen LogP contribution in [-0.4, -0.2) is 30.7 Å². The lowest BCUT2D eigenvalue weighted by Crippen LogP contribution is -2.36. The maximum atomic E-state index is 13.0. The standard InChI is InChI=1S/C18H15F2N5S/c1-25-9-12-5-11(8-21-16(12)24-25)13-2-3-14-17(22-13)23-15(26-14)4-10-6-18(19,20)7-10/h2-3,5,8-10H,4,6-7H2,1H3. The van der Waals surface area contributed by atoms with Gasteiger partial charge in [-0.25, -0.2) is 23.7 Å². The first-order valence-corrected chi connectivity index (χ1v) is 9.21. The van der Waals surface area contributed by atoms with Crippen LogP contribution in [-0.2, 0) is 13.5 Å². The Kier molecular flexibility index (Phi) is 3.34. The highest BCUT2D eigenvalue weighted by Gasteiger charge is 2.45. The largest absolute Gasteiger partial charge is 0.273 e. The van der Waals surface area contributed by atoms with E-state index in [1.165, 1.54) is 11.3 Å². The number of thiazole rings is 1. The molecule has 132 valence electrons. The quantitative estimate of drug-likeness (QED) is 0.541. The number of rotatable bonds is 3. The SMILES string of the molecule is Cn1cc2cc(-c3ccc4sc(CC5CC(F)(F)C5)nc4n3)cnc2n1. The van der Waals surface area contributed by atoms with Gasteiger partial charge in [0.05, 0.1) is 15.4 Å². The van der Waals surface area contributed by atoms with Gasteiger partial charge in [0.15, 0.2) is 11.3 Å². The summed E-state index contributed by atoms with van der Waals surface area (Å²) in [6, 6.07) is 5.94. The fourth-order valence-electron chi connectivity index (χ4n) is 3.46. The normalized spacial score (nSPS) is 17.0. The Balaban J connectivity index is 1.45. The van der Waals surface area contributed by atoms with E-state index in [9.17, 15) is 8.78 Å². The summed E-state index contributed by atoms with van der Waals surface area (Å²) in [6.07, 6.45) is 4.22. The Morgan fingerprint density at radius 3 is 2.88 bits per heavy atom. The first-order valence-electron chi connectivity index (χ1n) is 8.39. The summed E-state index contributed by atoms with van der Waals surface area (Å²) >= 11 is 1.54. The van der Waals surface area contributed by atoms with E-state index >= 15 is 0 Å². The second-order valence-electron chi connectivity index (χ2n) is 6.90. The third-order valence-corrected chi connectivity index (χ3v) is 5.74. The molecule has 0 spiro atoms. The fourth-order valence-corrected chi connectivity index (χ4v) is 4.48. The number of aryl methyl sites for hydroxylation is 1. The molecular formula is C18H15F2N5S. The number of fused-ring (bicyclic) bond motifs is 2. The van der Waals surface area contributed by atoms with Crippen LogP contribution in [0.25, 0.3) is 32.6 Å². The van der Waals surface area contributed by atoms with Crippen LogP contribution in [0.2, 0.25) is 0 Å². The molecule has 26 heavy (non-hydrogen) atoms. The molecule has 0 N–H and O–H groups in total. The monoisotopic (exact) mass is 371 g/mol. The number of nitrogens with zero attached hydrogens (tertiary/aromatic N) is 5. The number of pyridine rings is 2. The molecule has 0 radical (unpaired) electrons. The van der Waals surface area contributed by atoms with E-state index in [1.54, 1.807) is 10.9 Å². The zero-order chi connectivity index (χ0) is 17.9. The molecule has 1 aliphatic rings. The van der Waals surface area contributed by atoms with Crippen LogP contribution < -0.4 is 0 Å². The predicted molar refractivity (Wildman–Crippen MR) is 96.3 cm³/mol. The third-order valence-electron chi connectivity index (χ3n) is 4.70. The van der Waals surface area contributed by atoms with Crippen molar-refractivity contribution in [2.45, 2.75) is 25.2 Å². The van der Waals surface area contributed by atoms with Crippen molar-refractivity contribution in [3.8, 4) is 11.3 Å². The number of hydrogen-bond donors (Lipinski definition) is 0. The van der Waals surface area contributed by atoms with Crippen LogP contribution in [0.3, 0.4) is 0 Å². The van der Waals surface area contributed by atoms with Gasteiger partial charge in [-0.15, -0.1) is 11.3 Å². The zero-order valence-corrected chi connectivity index (χ0v) is 14.8. The van der Waals surface area contributed by atoms with Gasteiger partial charge in [-0.1, -0.05) is 0 Å². The first kappa shape index (κ1) is 15.7. The number of alkyl halides is 2. The van der Waals surface area contributed by atoms with Crippen LogP contribution in [0.5, 0.6) is 0 Å². The molecular weight excluding hydrogens is 356 g/mol. The Labute approximate surface area is 151 Å². The van der Waals surface area contributed by atoms with Crippen molar-refractivity contribution in [1.29, 1.82) is 0 Å². The van der Waals surface area contributed by atoms with Gasteiger partial charge in [0.1, 0.15) is 0 Å². The molecule has 8 heteroatoms. The van der Waals surface area contributed by atoms with Gasteiger partial charge in [-0.05, 0) is 24.1 Å². The van der Waals surface area contributed by atoms with Crippen molar-refractivity contribution in [2.24, 2.45) is 13.0 Å². The molecule has 1 aliphatic carbocycles. The number of hydrogen-bond acceptors (Lipinski definition) is 5. The Morgan fingerprint density at radius 2 is 2.08 bits per heavy atom. The number of aromatic nitrogens is 5. The number of halogens is 2. The molecule has 0 unspecified atom stereocenters. The van der Waals surface area contributed by atoms with Crippen LogP contribution >= 0.6 is 11.3 Å². The van der Waals surface area contributed by atoms with Gasteiger partial charge in [0.2, 0.25) is 5.92 Å². The molecule has 0 bridgehead atoms. The molecule has 4 aromatic rings. The topological polar surface area (TPSA) is 56.5 Å². The van der Waals surface area contributed by atoms with Gasteiger partial charge < -0.3 is 0 Å². The van der Waals surface area contributed by atoms with Crippen LogP contribution in [0.15, 0.2) is 30.6 Å². The molecule has 4 aromatic heterocycles. The van der Waals surface area contributed by atoms with Gasteiger partial charge in [-0.2, -0.15) is 5.10 Å². The summed E-state index contributed by atoms with van der Waals surface area (Å²) in [4.78, 5) is 13.6. The Bertz CT molecular complexity index is 1130. The molecule has 5 nitrogen and oxygen atoms in total. The Morgan fingerprint density at radius 1 is 1.23 bits per heavy atom. The van der Waals surface area contributed by atoms with E-state index in [0.717, 1.165) is 26.4 Å². The maximum Gasteiger partial charge on any atom is 0.248 e. The molecule has 0 atom stereocenters. The summed E-state index contributed by atoms with van der Waals surface area (Å²) < 4.78 is 28.7. The van der Waals surface area contributed by atoms with Gasteiger partial charge >= 0.3 is 0 Å². The van der Waals surface area contributed by atoms with Crippen LogP contribution in [0.4, 0.5) is 8.78 Å². The third kappa shape index (κ3) is 2.74.